The van der Waals surface area contributed by atoms with Crippen LogP contribution < -0.4 is 5.14 Å². The molecule has 0 aliphatic heterocycles. The van der Waals surface area contributed by atoms with Gasteiger partial charge in [-0.05, 0) is 43.2 Å². The molecular formula is C25H22N4O3S. The Labute approximate surface area is 191 Å². The summed E-state index contributed by atoms with van der Waals surface area (Å²) in [6.07, 6.45) is 3.82. The molecule has 0 aliphatic carbocycles. The maximum absolute atomic E-state index is 12.0. The summed E-state index contributed by atoms with van der Waals surface area (Å²) in [5.74, 6) is 0.718. The van der Waals surface area contributed by atoms with Gasteiger partial charge >= 0.3 is 0 Å². The molecule has 0 atom stereocenters. The first kappa shape index (κ1) is 21.1. The summed E-state index contributed by atoms with van der Waals surface area (Å²) in [6.45, 7) is 4.40. The van der Waals surface area contributed by atoms with Crippen LogP contribution in [0.2, 0.25) is 0 Å². The van der Waals surface area contributed by atoms with E-state index in [2.05, 4.69) is 27.9 Å². The lowest BCUT2D eigenvalue weighted by molar-refractivity contribution is 0.393. The quantitative estimate of drug-likeness (QED) is 0.412. The summed E-state index contributed by atoms with van der Waals surface area (Å²) in [7, 11) is -3.83. The third-order valence-electron chi connectivity index (χ3n) is 5.71. The lowest BCUT2D eigenvalue weighted by atomic mass is 10.0. The van der Waals surface area contributed by atoms with Crippen molar-refractivity contribution >= 4 is 21.1 Å². The van der Waals surface area contributed by atoms with Crippen LogP contribution in [-0.2, 0) is 16.6 Å². The number of rotatable bonds is 5. The molecule has 0 radical (unpaired) electrons. The van der Waals surface area contributed by atoms with Crippen LogP contribution in [0.3, 0.4) is 0 Å². The van der Waals surface area contributed by atoms with Crippen molar-refractivity contribution in [1.82, 2.24) is 14.7 Å². The predicted octanol–water partition coefficient (Wildman–Crippen LogP) is 4.67. The highest BCUT2D eigenvalue weighted by molar-refractivity contribution is 7.89. The molecule has 3 aromatic heterocycles. The molecular weight excluding hydrogens is 436 g/mol. The third kappa shape index (κ3) is 3.94. The van der Waals surface area contributed by atoms with E-state index in [-0.39, 0.29) is 4.90 Å². The lowest BCUT2D eigenvalue weighted by Crippen LogP contribution is -2.11. The SMILES string of the molecule is Cc1noc(C)c1-c1cnc2c(c1)c(-c1cccc(S(N)(=O)=O)c1)cn2Cc1ccccc1. The first-order valence-electron chi connectivity index (χ1n) is 10.4. The van der Waals surface area contributed by atoms with E-state index in [0.717, 1.165) is 50.3 Å². The molecule has 3 heterocycles. The van der Waals surface area contributed by atoms with E-state index >= 15 is 0 Å². The largest absolute Gasteiger partial charge is 0.361 e. The fourth-order valence-corrected chi connectivity index (χ4v) is 4.73. The summed E-state index contributed by atoms with van der Waals surface area (Å²) in [5, 5.41) is 10.3. The van der Waals surface area contributed by atoms with Crippen LogP contribution >= 0.6 is 0 Å². The molecule has 0 spiro atoms. The van der Waals surface area contributed by atoms with Gasteiger partial charge in [0.2, 0.25) is 10.0 Å². The van der Waals surface area contributed by atoms with E-state index in [1.54, 1.807) is 12.1 Å². The molecule has 0 saturated heterocycles. The van der Waals surface area contributed by atoms with Crippen molar-refractivity contribution < 1.29 is 12.9 Å². The Morgan fingerprint density at radius 2 is 1.79 bits per heavy atom. The number of sulfonamides is 1. The van der Waals surface area contributed by atoms with E-state index < -0.39 is 10.0 Å². The van der Waals surface area contributed by atoms with Gasteiger partial charge in [-0.3, -0.25) is 0 Å². The number of pyridine rings is 1. The van der Waals surface area contributed by atoms with Crippen molar-refractivity contribution in [3.05, 3.63) is 90.1 Å². The highest BCUT2D eigenvalue weighted by atomic mass is 32.2. The highest BCUT2D eigenvalue weighted by Crippen LogP contribution is 2.35. The van der Waals surface area contributed by atoms with Crippen molar-refractivity contribution in [1.29, 1.82) is 0 Å². The van der Waals surface area contributed by atoms with E-state index in [1.165, 1.54) is 6.07 Å². The van der Waals surface area contributed by atoms with Crippen molar-refractivity contribution in [2.24, 2.45) is 5.14 Å². The van der Waals surface area contributed by atoms with Gasteiger partial charge < -0.3 is 9.09 Å². The Kier molecular flexibility index (Phi) is 5.11. The monoisotopic (exact) mass is 458 g/mol. The fraction of sp³-hybridized carbons (Fsp3) is 0.120. The van der Waals surface area contributed by atoms with E-state index in [0.29, 0.717) is 6.54 Å². The second-order valence-corrected chi connectivity index (χ2v) is 9.58. The molecule has 33 heavy (non-hydrogen) atoms. The summed E-state index contributed by atoms with van der Waals surface area (Å²) >= 11 is 0. The van der Waals surface area contributed by atoms with Crippen LogP contribution in [-0.4, -0.2) is 23.1 Å². The van der Waals surface area contributed by atoms with Crippen molar-refractivity contribution in [3.63, 3.8) is 0 Å². The fourth-order valence-electron chi connectivity index (χ4n) is 4.17. The van der Waals surface area contributed by atoms with Gasteiger partial charge in [0.05, 0.1) is 10.6 Å². The topological polar surface area (TPSA) is 104 Å². The zero-order chi connectivity index (χ0) is 23.2. The molecule has 0 bridgehead atoms. The Bertz CT molecular complexity index is 1570. The smallest absolute Gasteiger partial charge is 0.238 e. The van der Waals surface area contributed by atoms with Crippen molar-refractivity contribution in [3.8, 4) is 22.3 Å². The lowest BCUT2D eigenvalue weighted by Gasteiger charge is -2.06. The average Bonchev–Trinajstić information content (AvgIpc) is 3.33. The standard InChI is InChI=1S/C25H22N4O3S/c1-16-24(17(2)32-28-16)20-12-22-23(19-9-6-10-21(11-19)33(26,30)31)15-29(25(22)27-13-20)14-18-7-4-3-5-8-18/h3-13,15H,14H2,1-2H3,(H2,26,30,31). The summed E-state index contributed by atoms with van der Waals surface area (Å²) in [4.78, 5) is 4.85. The zero-order valence-corrected chi connectivity index (χ0v) is 19.0. The number of aromatic nitrogens is 3. The van der Waals surface area contributed by atoms with Crippen LogP contribution in [0.1, 0.15) is 17.0 Å². The second kappa shape index (κ2) is 7.99. The van der Waals surface area contributed by atoms with Gasteiger partial charge in [-0.1, -0.05) is 47.6 Å². The minimum atomic E-state index is -3.83. The minimum absolute atomic E-state index is 0.0683. The van der Waals surface area contributed by atoms with Gasteiger partial charge in [0.15, 0.2) is 0 Å². The van der Waals surface area contributed by atoms with Crippen LogP contribution in [0.4, 0.5) is 0 Å². The van der Waals surface area contributed by atoms with Gasteiger partial charge in [0, 0.05) is 41.0 Å². The van der Waals surface area contributed by atoms with Crippen LogP contribution in [0, 0.1) is 13.8 Å². The van der Waals surface area contributed by atoms with Gasteiger partial charge in [0.1, 0.15) is 11.4 Å². The Hall–Kier alpha value is -3.75. The Morgan fingerprint density at radius 1 is 1.00 bits per heavy atom. The van der Waals surface area contributed by atoms with Crippen LogP contribution in [0.5, 0.6) is 0 Å². The Balaban J connectivity index is 1.74. The van der Waals surface area contributed by atoms with Gasteiger partial charge in [-0.15, -0.1) is 0 Å². The first-order chi connectivity index (χ1) is 15.8. The number of hydrogen-bond donors (Lipinski definition) is 1. The zero-order valence-electron chi connectivity index (χ0n) is 18.2. The van der Waals surface area contributed by atoms with Crippen molar-refractivity contribution in [2.45, 2.75) is 25.3 Å². The van der Waals surface area contributed by atoms with E-state index in [9.17, 15) is 8.42 Å². The second-order valence-electron chi connectivity index (χ2n) is 8.02. The van der Waals surface area contributed by atoms with Gasteiger partial charge in [-0.2, -0.15) is 0 Å². The predicted molar refractivity (Wildman–Crippen MR) is 127 cm³/mol. The Morgan fingerprint density at radius 3 is 2.48 bits per heavy atom. The first-order valence-corrected chi connectivity index (χ1v) is 11.9. The molecule has 5 aromatic rings. The van der Waals surface area contributed by atoms with Crippen molar-refractivity contribution in [2.75, 3.05) is 0 Å². The van der Waals surface area contributed by atoms with Crippen LogP contribution in [0.15, 0.2) is 82.5 Å². The number of primary sulfonamides is 1. The van der Waals surface area contributed by atoms with Gasteiger partial charge in [-0.25, -0.2) is 18.5 Å². The molecule has 166 valence electrons. The highest BCUT2D eigenvalue weighted by Gasteiger charge is 2.18. The molecule has 0 aliphatic rings. The number of benzene rings is 2. The molecule has 8 heteroatoms. The molecule has 2 N–H and O–H groups in total. The number of aryl methyl sites for hydroxylation is 2. The number of nitrogens with two attached hydrogens (primary N) is 1. The molecule has 5 rings (SSSR count). The summed E-state index contributed by atoms with van der Waals surface area (Å²) < 4.78 is 31.3. The summed E-state index contributed by atoms with van der Waals surface area (Å²) in [6, 6.07) is 18.8. The average molecular weight is 459 g/mol. The molecule has 0 amide bonds. The van der Waals surface area contributed by atoms with Crippen LogP contribution in [0.25, 0.3) is 33.3 Å². The maximum atomic E-state index is 12.0. The van der Waals surface area contributed by atoms with E-state index in [1.807, 2.05) is 50.5 Å². The van der Waals surface area contributed by atoms with E-state index in [4.69, 9.17) is 14.6 Å². The normalized spacial score (nSPS) is 11.8. The molecule has 0 unspecified atom stereocenters. The molecule has 7 nitrogen and oxygen atoms in total. The maximum Gasteiger partial charge on any atom is 0.238 e. The summed E-state index contributed by atoms with van der Waals surface area (Å²) in [5.41, 5.74) is 6.13. The number of fused-ring (bicyclic) bond motifs is 1. The number of hydrogen-bond acceptors (Lipinski definition) is 5. The molecule has 2 aromatic carbocycles. The third-order valence-corrected chi connectivity index (χ3v) is 6.62. The van der Waals surface area contributed by atoms with Gasteiger partial charge in [0.25, 0.3) is 0 Å². The molecule has 0 fully saturated rings. The molecule has 0 saturated carbocycles. The minimum Gasteiger partial charge on any atom is -0.361 e. The number of nitrogens with zero attached hydrogens (tertiary/aromatic N) is 3.